The van der Waals surface area contributed by atoms with Crippen LogP contribution in [0.15, 0.2) is 46.5 Å². The van der Waals surface area contributed by atoms with E-state index in [1.54, 1.807) is 18.2 Å². The lowest BCUT2D eigenvalue weighted by Crippen LogP contribution is -2.39. The van der Waals surface area contributed by atoms with Gasteiger partial charge in [-0.15, -0.1) is 0 Å². The van der Waals surface area contributed by atoms with Gasteiger partial charge in [0.15, 0.2) is 0 Å². The lowest BCUT2D eigenvalue weighted by atomic mass is 9.97. The predicted molar refractivity (Wildman–Crippen MR) is 144 cm³/mol. The molecule has 2 aliphatic rings. The first-order valence-electron chi connectivity index (χ1n) is 12.2. The van der Waals surface area contributed by atoms with Gasteiger partial charge in [0.25, 0.3) is 5.92 Å². The van der Waals surface area contributed by atoms with Gasteiger partial charge in [-0.1, -0.05) is 18.0 Å². The van der Waals surface area contributed by atoms with E-state index in [1.807, 2.05) is 29.4 Å². The monoisotopic (exact) mass is 537 g/mol. The number of hydrazone groups is 1. The average Bonchev–Trinajstić information content (AvgIpc) is 2.90. The van der Waals surface area contributed by atoms with Crippen molar-refractivity contribution in [2.75, 3.05) is 47.0 Å². The Labute approximate surface area is 218 Å². The molecule has 0 amide bonds. The summed E-state index contributed by atoms with van der Waals surface area (Å²) in [5.41, 5.74) is 3.17. The van der Waals surface area contributed by atoms with Gasteiger partial charge in [-0.3, -0.25) is 4.99 Å². The molecule has 0 unspecified atom stereocenters. The zero-order chi connectivity index (χ0) is 26.4. The minimum atomic E-state index is -2.64. The molecule has 0 spiro atoms. The number of benzene rings is 1. The quantitative estimate of drug-likeness (QED) is 0.151. The summed E-state index contributed by atoms with van der Waals surface area (Å²) in [4.78, 5) is 13.1. The van der Waals surface area contributed by atoms with Crippen LogP contribution in [0, 0.1) is 5.92 Å². The van der Waals surface area contributed by atoms with Crippen LogP contribution in [0.25, 0.3) is 0 Å². The van der Waals surface area contributed by atoms with Gasteiger partial charge < -0.3 is 20.4 Å². The van der Waals surface area contributed by atoms with Gasteiger partial charge in [-0.25, -0.2) is 22.5 Å². The van der Waals surface area contributed by atoms with Crippen LogP contribution >= 0.6 is 11.9 Å². The molecule has 200 valence electrons. The molecule has 4 rings (SSSR count). The zero-order valence-corrected chi connectivity index (χ0v) is 21.4. The van der Waals surface area contributed by atoms with Crippen LogP contribution in [-0.4, -0.2) is 61.7 Å². The van der Waals surface area contributed by atoms with E-state index in [-0.39, 0.29) is 25.9 Å². The number of piperidine rings is 2. The highest BCUT2D eigenvalue weighted by Gasteiger charge is 2.34. The van der Waals surface area contributed by atoms with Gasteiger partial charge in [0.05, 0.1) is 23.3 Å². The number of hydrogen-bond acceptors (Lipinski definition) is 8. The summed E-state index contributed by atoms with van der Waals surface area (Å²) >= 11 is 1.46. The minimum absolute atomic E-state index is 0.211. The number of anilines is 3. The number of rotatable bonds is 8. The standard InChI is InChI=1S/C25H31F4N7S/c1-37-34-18-5-6-20(22(15-18)35-11-7-17(8-12-35)24(26)27)31-16-21(33-30)19-3-2-4-23(32-19)36-13-9-25(28,29)10-14-36/h2-6,15-17,24,34H,7-14,30H2,1H3/b31-16?,33-21+. The van der Waals surface area contributed by atoms with Crippen molar-refractivity contribution in [3.63, 3.8) is 0 Å². The van der Waals surface area contributed by atoms with Crippen LogP contribution in [-0.2, 0) is 0 Å². The molecule has 2 aliphatic heterocycles. The summed E-state index contributed by atoms with van der Waals surface area (Å²) in [5, 5.41) is 3.85. The Kier molecular flexibility index (Phi) is 8.78. The summed E-state index contributed by atoms with van der Waals surface area (Å²) in [6, 6.07) is 11.0. The molecule has 7 nitrogen and oxygen atoms in total. The Bertz CT molecular complexity index is 1110. The Morgan fingerprint density at radius 3 is 2.51 bits per heavy atom. The second kappa shape index (κ2) is 12.0. The maximum absolute atomic E-state index is 13.6. The lowest BCUT2D eigenvalue weighted by Gasteiger charge is -2.34. The summed E-state index contributed by atoms with van der Waals surface area (Å²) in [7, 11) is 0. The molecule has 2 saturated heterocycles. The van der Waals surface area contributed by atoms with E-state index in [0.29, 0.717) is 48.8 Å². The molecule has 3 N–H and O–H groups in total. The molecule has 37 heavy (non-hydrogen) atoms. The van der Waals surface area contributed by atoms with Gasteiger partial charge in [0.2, 0.25) is 6.43 Å². The number of pyridine rings is 1. The van der Waals surface area contributed by atoms with Crippen LogP contribution in [0.3, 0.4) is 0 Å². The van der Waals surface area contributed by atoms with E-state index in [1.165, 1.54) is 18.2 Å². The molecule has 0 atom stereocenters. The highest BCUT2D eigenvalue weighted by molar-refractivity contribution is 7.99. The molecule has 0 saturated carbocycles. The molecule has 1 aromatic carbocycles. The largest absolute Gasteiger partial charge is 0.370 e. The van der Waals surface area contributed by atoms with Gasteiger partial charge in [-0.2, -0.15) is 5.10 Å². The Balaban J connectivity index is 1.55. The first kappa shape index (κ1) is 27.0. The third-order valence-corrected chi connectivity index (χ3v) is 7.15. The highest BCUT2D eigenvalue weighted by atomic mass is 32.2. The second-order valence-electron chi connectivity index (χ2n) is 9.17. The number of halogens is 4. The normalized spacial score (nSPS) is 19.1. The second-order valence-corrected chi connectivity index (χ2v) is 9.78. The topological polar surface area (TPSA) is 82.1 Å². The van der Waals surface area contributed by atoms with Gasteiger partial charge >= 0.3 is 0 Å². The summed E-state index contributed by atoms with van der Waals surface area (Å²) in [6.45, 7) is 1.45. The average molecular weight is 538 g/mol. The molecule has 2 fully saturated rings. The van der Waals surface area contributed by atoms with E-state index in [2.05, 4.69) is 24.7 Å². The van der Waals surface area contributed by atoms with Crippen molar-refractivity contribution in [1.29, 1.82) is 0 Å². The van der Waals surface area contributed by atoms with Crippen molar-refractivity contribution >= 4 is 46.8 Å². The van der Waals surface area contributed by atoms with Crippen molar-refractivity contribution < 1.29 is 17.6 Å². The van der Waals surface area contributed by atoms with Crippen molar-refractivity contribution in [2.45, 2.75) is 38.0 Å². The number of alkyl halides is 4. The van der Waals surface area contributed by atoms with Gasteiger partial charge in [0, 0.05) is 56.9 Å². The van der Waals surface area contributed by atoms with Crippen LogP contribution in [0.2, 0.25) is 0 Å². The first-order chi connectivity index (χ1) is 17.8. The Morgan fingerprint density at radius 2 is 1.86 bits per heavy atom. The fourth-order valence-corrected chi connectivity index (χ4v) is 4.92. The van der Waals surface area contributed by atoms with E-state index in [0.717, 1.165) is 11.4 Å². The maximum atomic E-state index is 13.6. The van der Waals surface area contributed by atoms with Crippen molar-refractivity contribution in [3.05, 3.63) is 42.1 Å². The molecule has 0 bridgehead atoms. The third-order valence-electron chi connectivity index (χ3n) is 6.71. The molecular formula is C25H31F4N7S. The SMILES string of the molecule is CSNc1ccc(N=C/C(=N\N)c2cccc(N3CCC(F)(F)CC3)n2)c(N2CCC(C(F)F)CC2)c1. The van der Waals surface area contributed by atoms with Gasteiger partial charge in [-0.05, 0) is 43.2 Å². The fourth-order valence-electron chi connectivity index (χ4n) is 4.56. The van der Waals surface area contributed by atoms with Crippen molar-refractivity contribution in [3.8, 4) is 0 Å². The zero-order valence-electron chi connectivity index (χ0n) is 20.6. The molecular weight excluding hydrogens is 506 g/mol. The van der Waals surface area contributed by atoms with E-state index >= 15 is 0 Å². The van der Waals surface area contributed by atoms with Crippen LogP contribution in [0.1, 0.15) is 31.4 Å². The third kappa shape index (κ3) is 6.85. The number of aliphatic imine (C=N–C) groups is 1. The van der Waals surface area contributed by atoms with Crippen molar-refractivity contribution in [2.24, 2.45) is 21.9 Å². The summed E-state index contributed by atoms with van der Waals surface area (Å²) < 4.78 is 56.7. The molecule has 0 aliphatic carbocycles. The van der Waals surface area contributed by atoms with Crippen LogP contribution in [0.5, 0.6) is 0 Å². The number of aromatic nitrogens is 1. The predicted octanol–water partition coefficient (Wildman–Crippen LogP) is 5.55. The van der Waals surface area contributed by atoms with Crippen molar-refractivity contribution in [1.82, 2.24) is 4.98 Å². The van der Waals surface area contributed by atoms with E-state index in [9.17, 15) is 17.6 Å². The maximum Gasteiger partial charge on any atom is 0.251 e. The molecule has 2 aromatic rings. The first-order valence-corrected chi connectivity index (χ1v) is 13.4. The van der Waals surface area contributed by atoms with Crippen LogP contribution < -0.4 is 20.4 Å². The number of hydrogen-bond donors (Lipinski definition) is 2. The van der Waals surface area contributed by atoms with Gasteiger partial charge in [0.1, 0.15) is 11.5 Å². The Morgan fingerprint density at radius 1 is 1.14 bits per heavy atom. The number of nitrogens with one attached hydrogen (secondary N) is 1. The minimum Gasteiger partial charge on any atom is -0.370 e. The molecule has 3 heterocycles. The molecule has 1 aromatic heterocycles. The van der Waals surface area contributed by atoms with E-state index < -0.39 is 18.3 Å². The smallest absolute Gasteiger partial charge is 0.251 e. The number of nitrogens with zero attached hydrogens (tertiary/aromatic N) is 5. The lowest BCUT2D eigenvalue weighted by molar-refractivity contribution is -0.0221. The Hall–Kier alpha value is -3.02. The molecule has 0 radical (unpaired) electrons. The fraction of sp³-hybridized carbons (Fsp3) is 0.480. The number of nitrogens with two attached hydrogens (primary N) is 1. The van der Waals surface area contributed by atoms with Crippen LogP contribution in [0.4, 0.5) is 40.4 Å². The molecule has 12 heteroatoms. The highest BCUT2D eigenvalue weighted by Crippen LogP contribution is 2.36. The summed E-state index contributed by atoms with van der Waals surface area (Å²) in [6.07, 6.45) is 1.53. The van der Waals surface area contributed by atoms with E-state index in [4.69, 9.17) is 5.84 Å². The summed E-state index contributed by atoms with van der Waals surface area (Å²) in [5.74, 6) is 3.02.